The van der Waals surface area contributed by atoms with E-state index in [4.69, 9.17) is 0 Å². The highest BCUT2D eigenvalue weighted by Gasteiger charge is 2.00. The quantitative estimate of drug-likeness (QED) is 0.513. The van der Waals surface area contributed by atoms with Crippen LogP contribution in [0.1, 0.15) is 6.92 Å². The summed E-state index contributed by atoms with van der Waals surface area (Å²) in [6.45, 7) is 2.09. The van der Waals surface area contributed by atoms with E-state index in [1.54, 1.807) is 0 Å². The molecule has 0 radical (unpaired) electrons. The molecular weight excluding hydrogens is 86.1 g/mol. The van der Waals surface area contributed by atoms with E-state index in [1.165, 1.54) is 11.3 Å². The fourth-order valence-electron chi connectivity index (χ4n) is 0.614. The van der Waals surface area contributed by atoms with Crippen LogP contribution >= 0.6 is 0 Å². The van der Waals surface area contributed by atoms with Crippen molar-refractivity contribution in [2.24, 2.45) is 0 Å². The lowest BCUT2D eigenvalue weighted by atomic mass is 10.1. The van der Waals surface area contributed by atoms with Gasteiger partial charge in [-0.3, -0.25) is 0 Å². The molecule has 0 spiro atoms. The number of rotatable bonds is 1. The normalized spacial score (nSPS) is 16.9. The Hall–Kier alpha value is -0.720. The van der Waals surface area contributed by atoms with Gasteiger partial charge in [0.1, 0.15) is 0 Å². The summed E-state index contributed by atoms with van der Waals surface area (Å²) in [4.78, 5) is 0. The first-order chi connectivity index (χ1) is 3.34. The molecule has 1 N–H and O–H groups in total. The first-order valence-corrected chi connectivity index (χ1v) is 2.41. The molecule has 7 heavy (non-hydrogen) atoms. The summed E-state index contributed by atoms with van der Waals surface area (Å²) in [5, 5.41) is 3.04. The van der Waals surface area contributed by atoms with Crippen LogP contribution in [0.25, 0.3) is 0 Å². The molecule has 0 aromatic heterocycles. The average Bonchev–Trinajstić information content (AvgIpc) is 1.65. The van der Waals surface area contributed by atoms with Crippen LogP contribution in [0.5, 0.6) is 0 Å². The Morgan fingerprint density at radius 1 is 1.43 bits per heavy atom. The molecule has 1 aliphatic carbocycles. The molecule has 0 aromatic carbocycles. The maximum atomic E-state index is 3.04. The minimum atomic E-state index is 1.26. The van der Waals surface area contributed by atoms with E-state index in [2.05, 4.69) is 24.4 Å². The summed E-state index contributed by atoms with van der Waals surface area (Å²) in [5.41, 5.74) is 2.61. The summed E-state index contributed by atoms with van der Waals surface area (Å²) >= 11 is 0. The molecule has 0 atom stereocenters. The van der Waals surface area contributed by atoms with Gasteiger partial charge in [-0.25, -0.2) is 0 Å². The molecule has 0 amide bonds. The van der Waals surface area contributed by atoms with Gasteiger partial charge in [-0.2, -0.15) is 0 Å². The molecule has 0 bridgehead atoms. The van der Waals surface area contributed by atoms with Crippen LogP contribution in [0, 0.1) is 0 Å². The number of likely N-dealkylation sites (N-methyl/N-ethyl adjacent to an activating group) is 1. The summed E-state index contributed by atoms with van der Waals surface area (Å²) in [6.07, 6.45) is 4.15. The molecule has 0 saturated heterocycles. The van der Waals surface area contributed by atoms with Crippen molar-refractivity contribution in [2.75, 3.05) is 7.05 Å². The van der Waals surface area contributed by atoms with E-state index in [0.29, 0.717) is 0 Å². The van der Waals surface area contributed by atoms with Crippen molar-refractivity contribution in [3.8, 4) is 0 Å². The van der Waals surface area contributed by atoms with E-state index >= 15 is 0 Å². The molecule has 0 aromatic rings. The van der Waals surface area contributed by atoms with Crippen LogP contribution in [-0.2, 0) is 0 Å². The average molecular weight is 95.1 g/mol. The number of nitrogens with one attached hydrogen (secondary N) is 1. The lowest BCUT2D eigenvalue weighted by molar-refractivity contribution is 0.978. The van der Waals surface area contributed by atoms with E-state index in [9.17, 15) is 0 Å². The predicted molar refractivity (Wildman–Crippen MR) is 30.9 cm³/mol. The third kappa shape index (κ3) is 0.538. The lowest BCUT2D eigenvalue weighted by Gasteiger charge is -2.11. The topological polar surface area (TPSA) is 12.0 Å². The molecule has 0 fully saturated rings. The zero-order valence-electron chi connectivity index (χ0n) is 4.65. The maximum Gasteiger partial charge on any atom is 0.0367 e. The first-order valence-electron chi connectivity index (χ1n) is 2.41. The van der Waals surface area contributed by atoms with Gasteiger partial charge in [0.2, 0.25) is 0 Å². The van der Waals surface area contributed by atoms with E-state index in [1.807, 2.05) is 7.05 Å². The molecular formula is C6H9N. The monoisotopic (exact) mass is 95.1 g/mol. The minimum absolute atomic E-state index is 1.26. The van der Waals surface area contributed by atoms with Crippen molar-refractivity contribution >= 4 is 0 Å². The van der Waals surface area contributed by atoms with Crippen LogP contribution in [0.4, 0.5) is 0 Å². The van der Waals surface area contributed by atoms with Gasteiger partial charge in [0.15, 0.2) is 0 Å². The van der Waals surface area contributed by atoms with Crippen molar-refractivity contribution in [3.63, 3.8) is 0 Å². The first kappa shape index (κ1) is 4.44. The van der Waals surface area contributed by atoms with Gasteiger partial charge in [-0.05, 0) is 18.6 Å². The number of allylic oxidation sites excluding steroid dienone is 3. The molecule has 1 nitrogen and oxygen atoms in total. The Balaban J connectivity index is 2.47. The van der Waals surface area contributed by atoms with Crippen molar-refractivity contribution in [1.29, 1.82) is 0 Å². The second kappa shape index (κ2) is 1.41. The summed E-state index contributed by atoms with van der Waals surface area (Å²) in [5.74, 6) is 0. The molecule has 0 saturated carbocycles. The highest BCUT2D eigenvalue weighted by atomic mass is 14.8. The lowest BCUT2D eigenvalue weighted by Crippen LogP contribution is -2.10. The van der Waals surface area contributed by atoms with Crippen molar-refractivity contribution in [3.05, 3.63) is 23.4 Å². The van der Waals surface area contributed by atoms with Gasteiger partial charge in [0.25, 0.3) is 0 Å². The fourth-order valence-corrected chi connectivity index (χ4v) is 0.614. The predicted octanol–water partition coefficient (Wildman–Crippen LogP) is 1.05. The Labute approximate surface area is 43.7 Å². The van der Waals surface area contributed by atoms with Crippen LogP contribution < -0.4 is 5.32 Å². The summed E-state index contributed by atoms with van der Waals surface area (Å²) < 4.78 is 0. The second-order valence-electron chi connectivity index (χ2n) is 1.68. The van der Waals surface area contributed by atoms with Gasteiger partial charge >= 0.3 is 0 Å². The summed E-state index contributed by atoms with van der Waals surface area (Å²) in [6, 6.07) is 0. The zero-order valence-corrected chi connectivity index (χ0v) is 4.65. The van der Waals surface area contributed by atoms with Gasteiger partial charge in [-0.15, -0.1) is 0 Å². The largest absolute Gasteiger partial charge is 0.388 e. The molecule has 1 rings (SSSR count). The molecule has 0 aliphatic heterocycles. The molecule has 1 aliphatic rings. The maximum absolute atomic E-state index is 3.04. The van der Waals surface area contributed by atoms with Gasteiger partial charge in [0.05, 0.1) is 0 Å². The highest BCUT2D eigenvalue weighted by Crippen LogP contribution is 2.13. The molecule has 0 heterocycles. The Bertz CT molecular complexity index is 131. The zero-order chi connectivity index (χ0) is 5.28. The van der Waals surface area contributed by atoms with Crippen molar-refractivity contribution < 1.29 is 0 Å². The van der Waals surface area contributed by atoms with Gasteiger partial charge in [0, 0.05) is 12.7 Å². The third-order valence-corrected chi connectivity index (χ3v) is 1.19. The van der Waals surface area contributed by atoms with Gasteiger partial charge in [-0.1, -0.05) is 6.08 Å². The van der Waals surface area contributed by atoms with Crippen LogP contribution in [0.15, 0.2) is 23.4 Å². The molecule has 0 unspecified atom stereocenters. The SMILES string of the molecule is CNC1=CC=C1C. The van der Waals surface area contributed by atoms with Crippen molar-refractivity contribution in [2.45, 2.75) is 6.92 Å². The summed E-state index contributed by atoms with van der Waals surface area (Å²) in [7, 11) is 1.93. The van der Waals surface area contributed by atoms with Crippen LogP contribution in [0.3, 0.4) is 0 Å². The highest BCUT2D eigenvalue weighted by molar-refractivity contribution is 5.42. The number of hydrogen-bond donors (Lipinski definition) is 1. The molecule has 38 valence electrons. The Morgan fingerprint density at radius 3 is 2.14 bits per heavy atom. The smallest absolute Gasteiger partial charge is 0.0367 e. The van der Waals surface area contributed by atoms with Crippen LogP contribution in [-0.4, -0.2) is 7.05 Å². The van der Waals surface area contributed by atoms with Crippen LogP contribution in [0.2, 0.25) is 0 Å². The Morgan fingerprint density at radius 2 is 2.14 bits per heavy atom. The fraction of sp³-hybridized carbons (Fsp3) is 0.333. The van der Waals surface area contributed by atoms with Crippen molar-refractivity contribution in [1.82, 2.24) is 5.32 Å². The third-order valence-electron chi connectivity index (χ3n) is 1.19. The molecule has 1 heteroatoms. The van der Waals surface area contributed by atoms with E-state index < -0.39 is 0 Å². The number of hydrogen-bond acceptors (Lipinski definition) is 1. The standard InChI is InChI=1S/C6H9N/c1-5-3-4-6(5)7-2/h3-4,7H,1-2H3. The minimum Gasteiger partial charge on any atom is -0.388 e. The van der Waals surface area contributed by atoms with E-state index in [0.717, 1.165) is 0 Å². The second-order valence-corrected chi connectivity index (χ2v) is 1.68. The van der Waals surface area contributed by atoms with E-state index in [-0.39, 0.29) is 0 Å². The Kier molecular flexibility index (Phi) is 0.895. The van der Waals surface area contributed by atoms with Gasteiger partial charge < -0.3 is 5.32 Å².